The molecule has 9 heavy (non-hydrogen) atoms. The molecule has 0 amide bonds. The van der Waals surface area contributed by atoms with Gasteiger partial charge in [0, 0.05) is 6.54 Å². The molecule has 0 heterocycles. The molecule has 4 heteroatoms. The van der Waals surface area contributed by atoms with Crippen LogP contribution >= 0.6 is 0 Å². The Balaban J connectivity index is 0. The van der Waals surface area contributed by atoms with Gasteiger partial charge in [0.25, 0.3) is 0 Å². The molecule has 0 aliphatic rings. The zero-order valence-electron chi connectivity index (χ0n) is 5.80. The van der Waals surface area contributed by atoms with E-state index in [1.54, 1.807) is 0 Å². The summed E-state index contributed by atoms with van der Waals surface area (Å²) >= 11 is 0. The lowest BCUT2D eigenvalue weighted by molar-refractivity contribution is 0.165. The van der Waals surface area contributed by atoms with Gasteiger partial charge in [0.05, 0.1) is 0 Å². The Hall–Kier alpha value is -0.160. The monoisotopic (exact) mass is 136 g/mol. The summed E-state index contributed by atoms with van der Waals surface area (Å²) in [5.41, 5.74) is 2.10. The number of hydrogen-bond acceptors (Lipinski definition) is 4. The Kier molecular flexibility index (Phi) is 20.2. The van der Waals surface area contributed by atoms with Gasteiger partial charge in [-0.05, 0) is 6.42 Å². The van der Waals surface area contributed by atoms with E-state index >= 15 is 0 Å². The van der Waals surface area contributed by atoms with Crippen LogP contribution in [0.25, 0.3) is 0 Å². The van der Waals surface area contributed by atoms with Gasteiger partial charge in [0.2, 0.25) is 0 Å². The zero-order chi connectivity index (χ0) is 7.54. The highest BCUT2D eigenvalue weighted by atomic mass is 16.5. The standard InChI is InChI=1S/C5H13NO.H3NO/c1-2-3-4-5-6-7;1-2/h6-7H,2-5H2,1H3;2H,1H2. The van der Waals surface area contributed by atoms with E-state index in [0.29, 0.717) is 0 Å². The molecular formula is C5H16N2O2. The molecule has 0 aliphatic carbocycles. The van der Waals surface area contributed by atoms with Crippen molar-refractivity contribution in [2.45, 2.75) is 26.2 Å². The molecule has 0 radical (unpaired) electrons. The van der Waals surface area contributed by atoms with E-state index in [-0.39, 0.29) is 0 Å². The third-order valence-electron chi connectivity index (χ3n) is 0.892. The van der Waals surface area contributed by atoms with Crippen LogP contribution in [0.1, 0.15) is 26.2 Å². The maximum absolute atomic E-state index is 8.04. The first kappa shape index (κ1) is 11.6. The maximum atomic E-state index is 8.04. The average molecular weight is 136 g/mol. The van der Waals surface area contributed by atoms with E-state index < -0.39 is 0 Å². The molecule has 0 aromatic heterocycles. The average Bonchev–Trinajstić information content (AvgIpc) is 1.94. The molecule has 58 valence electrons. The number of nitrogens with two attached hydrogens (primary N) is 1. The summed E-state index contributed by atoms with van der Waals surface area (Å²) in [7, 11) is 0. The normalized spacial score (nSPS) is 8.00. The molecule has 0 saturated carbocycles. The Morgan fingerprint density at radius 1 is 1.33 bits per heavy atom. The highest BCUT2D eigenvalue weighted by molar-refractivity contribution is 4.36. The summed E-state index contributed by atoms with van der Waals surface area (Å²) in [4.78, 5) is 0. The van der Waals surface area contributed by atoms with Gasteiger partial charge in [-0.3, -0.25) is 0 Å². The molecule has 0 bridgehead atoms. The number of unbranched alkanes of at least 4 members (excludes halogenated alkanes) is 2. The van der Waals surface area contributed by atoms with E-state index in [9.17, 15) is 0 Å². The molecular weight excluding hydrogens is 120 g/mol. The van der Waals surface area contributed by atoms with E-state index in [2.05, 4.69) is 18.3 Å². The lowest BCUT2D eigenvalue weighted by Gasteiger charge is -1.92. The molecule has 0 aliphatic heterocycles. The Labute approximate surface area is 55.6 Å². The molecule has 0 aromatic rings. The van der Waals surface area contributed by atoms with Crippen molar-refractivity contribution in [2.24, 2.45) is 5.90 Å². The van der Waals surface area contributed by atoms with Crippen LogP contribution in [0, 0.1) is 0 Å². The molecule has 0 spiro atoms. The predicted octanol–water partition coefficient (Wildman–Crippen LogP) is 0.490. The Morgan fingerprint density at radius 2 is 1.89 bits per heavy atom. The fourth-order valence-corrected chi connectivity index (χ4v) is 0.454. The van der Waals surface area contributed by atoms with Gasteiger partial charge in [-0.25, -0.2) is 11.4 Å². The van der Waals surface area contributed by atoms with Gasteiger partial charge >= 0.3 is 0 Å². The summed E-state index contributed by atoms with van der Waals surface area (Å²) in [5, 5.41) is 14.5. The van der Waals surface area contributed by atoms with Gasteiger partial charge in [-0.1, -0.05) is 19.8 Å². The largest absolute Gasteiger partial charge is 0.320 e. The molecule has 0 fully saturated rings. The lowest BCUT2D eigenvalue weighted by atomic mass is 10.3. The van der Waals surface area contributed by atoms with Crippen molar-refractivity contribution < 1.29 is 10.4 Å². The summed E-state index contributed by atoms with van der Waals surface area (Å²) in [5.74, 6) is 3.50. The van der Waals surface area contributed by atoms with Crippen LogP contribution in [-0.2, 0) is 0 Å². The summed E-state index contributed by atoms with van der Waals surface area (Å²) in [6, 6.07) is 0. The number of hydroxylamine groups is 1. The third kappa shape index (κ3) is 18.1. The Bertz CT molecular complexity index is 32.1. The van der Waals surface area contributed by atoms with Gasteiger partial charge < -0.3 is 10.4 Å². The highest BCUT2D eigenvalue weighted by Crippen LogP contribution is 1.89. The van der Waals surface area contributed by atoms with Gasteiger partial charge in [-0.2, -0.15) is 0 Å². The molecule has 0 atom stereocenters. The van der Waals surface area contributed by atoms with Crippen molar-refractivity contribution >= 4 is 0 Å². The molecule has 0 saturated heterocycles. The van der Waals surface area contributed by atoms with E-state index in [4.69, 9.17) is 10.4 Å². The van der Waals surface area contributed by atoms with Gasteiger partial charge in [-0.15, -0.1) is 0 Å². The maximum Gasteiger partial charge on any atom is 0.0207 e. The fourth-order valence-electron chi connectivity index (χ4n) is 0.454. The lowest BCUT2D eigenvalue weighted by Crippen LogP contribution is -2.07. The molecule has 4 nitrogen and oxygen atoms in total. The molecule has 0 rings (SSSR count). The first-order valence-corrected chi connectivity index (χ1v) is 3.04. The van der Waals surface area contributed by atoms with E-state index in [1.807, 2.05) is 0 Å². The van der Waals surface area contributed by atoms with Crippen molar-refractivity contribution in [3.05, 3.63) is 0 Å². The minimum absolute atomic E-state index is 0.730. The van der Waals surface area contributed by atoms with Gasteiger partial charge in [0.1, 0.15) is 0 Å². The van der Waals surface area contributed by atoms with Crippen LogP contribution in [-0.4, -0.2) is 17.0 Å². The molecule has 5 N–H and O–H groups in total. The third-order valence-corrected chi connectivity index (χ3v) is 0.892. The topological polar surface area (TPSA) is 78.5 Å². The predicted molar refractivity (Wildman–Crippen MR) is 35.3 cm³/mol. The van der Waals surface area contributed by atoms with Crippen molar-refractivity contribution in [3.63, 3.8) is 0 Å². The van der Waals surface area contributed by atoms with Crippen LogP contribution in [0.3, 0.4) is 0 Å². The summed E-state index contributed by atoms with van der Waals surface area (Å²) < 4.78 is 0. The Morgan fingerprint density at radius 3 is 2.22 bits per heavy atom. The zero-order valence-corrected chi connectivity index (χ0v) is 5.80. The van der Waals surface area contributed by atoms with Crippen molar-refractivity contribution in [3.8, 4) is 0 Å². The quantitative estimate of drug-likeness (QED) is 0.335. The second-order valence-electron chi connectivity index (χ2n) is 1.62. The van der Waals surface area contributed by atoms with Crippen LogP contribution in [0.15, 0.2) is 0 Å². The van der Waals surface area contributed by atoms with Crippen LogP contribution < -0.4 is 11.4 Å². The number of hydrogen-bond donors (Lipinski definition) is 4. The van der Waals surface area contributed by atoms with Crippen LogP contribution in [0.2, 0.25) is 0 Å². The van der Waals surface area contributed by atoms with Crippen molar-refractivity contribution in [1.29, 1.82) is 0 Å². The van der Waals surface area contributed by atoms with E-state index in [1.165, 1.54) is 12.8 Å². The first-order valence-electron chi connectivity index (χ1n) is 3.04. The summed E-state index contributed by atoms with van der Waals surface area (Å²) in [6.07, 6.45) is 3.49. The second-order valence-corrected chi connectivity index (χ2v) is 1.62. The van der Waals surface area contributed by atoms with Gasteiger partial charge in [0.15, 0.2) is 0 Å². The minimum Gasteiger partial charge on any atom is -0.320 e. The molecule has 0 aromatic carbocycles. The number of rotatable bonds is 4. The van der Waals surface area contributed by atoms with Crippen molar-refractivity contribution in [1.82, 2.24) is 5.48 Å². The summed E-state index contributed by atoms with van der Waals surface area (Å²) in [6.45, 7) is 2.87. The van der Waals surface area contributed by atoms with Crippen LogP contribution in [0.5, 0.6) is 0 Å². The minimum atomic E-state index is 0.730. The van der Waals surface area contributed by atoms with Crippen LogP contribution in [0.4, 0.5) is 0 Å². The van der Waals surface area contributed by atoms with E-state index in [0.717, 1.165) is 13.0 Å². The fraction of sp³-hybridized carbons (Fsp3) is 1.00. The second kappa shape index (κ2) is 15.7. The number of nitrogens with one attached hydrogen (secondary N) is 1. The first-order chi connectivity index (χ1) is 4.41. The SMILES string of the molecule is CCCCCNO.NO. The molecule has 0 unspecified atom stereocenters. The van der Waals surface area contributed by atoms with Crippen molar-refractivity contribution in [2.75, 3.05) is 6.54 Å². The highest BCUT2D eigenvalue weighted by Gasteiger charge is 1.79. The smallest absolute Gasteiger partial charge is 0.0207 e.